The van der Waals surface area contributed by atoms with Crippen molar-refractivity contribution in [2.45, 2.75) is 19.8 Å². The van der Waals surface area contributed by atoms with Crippen molar-refractivity contribution in [1.29, 1.82) is 0 Å². The van der Waals surface area contributed by atoms with Gasteiger partial charge >= 0.3 is 0 Å². The van der Waals surface area contributed by atoms with Gasteiger partial charge in [0.2, 0.25) is 5.89 Å². The minimum absolute atomic E-state index is 0.00828. The Morgan fingerprint density at radius 1 is 1.44 bits per heavy atom. The van der Waals surface area contributed by atoms with E-state index in [1.807, 2.05) is 38.1 Å². The fourth-order valence-electron chi connectivity index (χ4n) is 1.52. The van der Waals surface area contributed by atoms with Gasteiger partial charge in [-0.2, -0.15) is 0 Å². The summed E-state index contributed by atoms with van der Waals surface area (Å²) in [5.41, 5.74) is 2.14. The van der Waals surface area contributed by atoms with Crippen LogP contribution < -0.4 is 0 Å². The summed E-state index contributed by atoms with van der Waals surface area (Å²) >= 11 is 0. The van der Waals surface area contributed by atoms with Crippen molar-refractivity contribution in [2.75, 3.05) is 6.61 Å². The normalized spacial score (nSPS) is 12.7. The molecule has 1 atom stereocenters. The first-order valence-corrected chi connectivity index (χ1v) is 5.34. The molecular formula is C13H15NO2. The first-order chi connectivity index (χ1) is 7.70. The molecule has 0 fully saturated rings. The van der Waals surface area contributed by atoms with E-state index in [4.69, 9.17) is 9.52 Å². The number of hydrogen-bond acceptors (Lipinski definition) is 3. The van der Waals surface area contributed by atoms with Crippen LogP contribution in [-0.4, -0.2) is 16.7 Å². The van der Waals surface area contributed by atoms with Gasteiger partial charge in [-0.15, -0.1) is 0 Å². The molecule has 2 rings (SSSR count). The van der Waals surface area contributed by atoms with Crippen LogP contribution in [0.2, 0.25) is 0 Å². The van der Waals surface area contributed by atoms with Gasteiger partial charge in [0.05, 0.1) is 12.8 Å². The second-order valence-electron chi connectivity index (χ2n) is 4.02. The van der Waals surface area contributed by atoms with E-state index in [1.54, 1.807) is 6.20 Å². The predicted octanol–water partition coefficient (Wildman–Crippen LogP) is 2.75. The minimum atomic E-state index is -0.00828. The standard InChI is InChI=1S/C13H15NO2/c1-9-4-3-5-11(6-9)13-14-7-12(16-13)10(2)8-15/h3-7,10,15H,8H2,1-2H3. The predicted molar refractivity (Wildman–Crippen MR) is 62.2 cm³/mol. The van der Waals surface area contributed by atoms with Gasteiger partial charge in [0, 0.05) is 11.5 Å². The fourth-order valence-corrected chi connectivity index (χ4v) is 1.52. The zero-order chi connectivity index (χ0) is 11.5. The number of aromatic nitrogens is 1. The molecule has 3 heteroatoms. The fraction of sp³-hybridized carbons (Fsp3) is 0.308. The van der Waals surface area contributed by atoms with E-state index in [0.29, 0.717) is 5.89 Å². The number of aliphatic hydroxyl groups excluding tert-OH is 1. The highest BCUT2D eigenvalue weighted by atomic mass is 16.4. The summed E-state index contributed by atoms with van der Waals surface area (Å²) < 4.78 is 5.61. The third-order valence-corrected chi connectivity index (χ3v) is 2.55. The molecule has 0 saturated heterocycles. The topological polar surface area (TPSA) is 46.3 Å². The van der Waals surface area contributed by atoms with Gasteiger partial charge < -0.3 is 9.52 Å². The van der Waals surface area contributed by atoms with Gasteiger partial charge in [0.25, 0.3) is 0 Å². The van der Waals surface area contributed by atoms with Crippen molar-refractivity contribution in [2.24, 2.45) is 0 Å². The molecule has 0 aliphatic heterocycles. The maximum atomic E-state index is 9.02. The third-order valence-electron chi connectivity index (χ3n) is 2.55. The summed E-state index contributed by atoms with van der Waals surface area (Å²) in [7, 11) is 0. The van der Waals surface area contributed by atoms with E-state index in [1.165, 1.54) is 5.56 Å². The summed E-state index contributed by atoms with van der Waals surface area (Å²) in [6.45, 7) is 4.01. The largest absolute Gasteiger partial charge is 0.441 e. The molecule has 0 amide bonds. The molecule has 1 N–H and O–H groups in total. The molecule has 16 heavy (non-hydrogen) atoms. The molecule has 1 aromatic carbocycles. The highest BCUT2D eigenvalue weighted by molar-refractivity contribution is 5.54. The average molecular weight is 217 g/mol. The lowest BCUT2D eigenvalue weighted by Crippen LogP contribution is -1.96. The van der Waals surface area contributed by atoms with E-state index in [-0.39, 0.29) is 12.5 Å². The Kier molecular flexibility index (Phi) is 3.06. The first-order valence-electron chi connectivity index (χ1n) is 5.34. The van der Waals surface area contributed by atoms with Crippen LogP contribution in [-0.2, 0) is 0 Å². The van der Waals surface area contributed by atoms with Gasteiger partial charge in [0.1, 0.15) is 5.76 Å². The van der Waals surface area contributed by atoms with Gasteiger partial charge in [-0.3, -0.25) is 0 Å². The molecule has 1 heterocycles. The maximum Gasteiger partial charge on any atom is 0.226 e. The Morgan fingerprint density at radius 3 is 2.94 bits per heavy atom. The lowest BCUT2D eigenvalue weighted by Gasteiger charge is -2.01. The summed E-state index contributed by atoms with van der Waals surface area (Å²) in [5, 5.41) is 9.02. The van der Waals surface area contributed by atoms with E-state index in [9.17, 15) is 0 Å². The lowest BCUT2D eigenvalue weighted by atomic mass is 10.1. The Labute approximate surface area is 94.8 Å². The van der Waals surface area contributed by atoms with E-state index < -0.39 is 0 Å². The summed E-state index contributed by atoms with van der Waals surface area (Å²) in [6, 6.07) is 8.00. The van der Waals surface area contributed by atoms with Crippen LogP contribution in [0.1, 0.15) is 24.2 Å². The number of aliphatic hydroxyl groups is 1. The Bertz CT molecular complexity index is 476. The van der Waals surface area contributed by atoms with Gasteiger partial charge in [0.15, 0.2) is 0 Å². The third kappa shape index (κ3) is 2.14. The molecule has 1 aromatic heterocycles. The molecule has 1 unspecified atom stereocenters. The van der Waals surface area contributed by atoms with Crippen LogP contribution in [0, 0.1) is 6.92 Å². The Balaban J connectivity index is 2.31. The second-order valence-corrected chi connectivity index (χ2v) is 4.02. The highest BCUT2D eigenvalue weighted by Gasteiger charge is 2.11. The number of oxazole rings is 1. The Hall–Kier alpha value is -1.61. The molecule has 3 nitrogen and oxygen atoms in total. The number of aryl methyl sites for hydroxylation is 1. The number of benzene rings is 1. The zero-order valence-corrected chi connectivity index (χ0v) is 9.47. The van der Waals surface area contributed by atoms with Crippen molar-refractivity contribution in [3.63, 3.8) is 0 Å². The lowest BCUT2D eigenvalue weighted by molar-refractivity contribution is 0.258. The zero-order valence-electron chi connectivity index (χ0n) is 9.47. The van der Waals surface area contributed by atoms with Crippen molar-refractivity contribution in [3.8, 4) is 11.5 Å². The maximum absolute atomic E-state index is 9.02. The van der Waals surface area contributed by atoms with Crippen LogP contribution in [0.3, 0.4) is 0 Å². The summed E-state index contributed by atoms with van der Waals surface area (Å²) in [5.74, 6) is 1.32. The number of hydrogen-bond donors (Lipinski definition) is 1. The highest BCUT2D eigenvalue weighted by Crippen LogP contribution is 2.23. The van der Waals surface area contributed by atoms with Crippen LogP contribution >= 0.6 is 0 Å². The monoisotopic (exact) mass is 217 g/mol. The van der Waals surface area contributed by atoms with E-state index in [2.05, 4.69) is 4.98 Å². The molecule has 0 aliphatic carbocycles. The molecule has 84 valence electrons. The van der Waals surface area contributed by atoms with Crippen LogP contribution in [0.25, 0.3) is 11.5 Å². The molecule has 0 spiro atoms. The molecule has 2 aromatic rings. The van der Waals surface area contributed by atoms with Crippen LogP contribution in [0.4, 0.5) is 0 Å². The van der Waals surface area contributed by atoms with Gasteiger partial charge in [-0.1, -0.05) is 24.6 Å². The summed E-state index contributed by atoms with van der Waals surface area (Å²) in [6.07, 6.45) is 1.68. The number of nitrogens with zero attached hydrogens (tertiary/aromatic N) is 1. The molecule has 0 saturated carbocycles. The SMILES string of the molecule is Cc1cccc(-c2ncc(C(C)CO)o2)c1. The smallest absolute Gasteiger partial charge is 0.226 e. The van der Waals surface area contributed by atoms with E-state index in [0.717, 1.165) is 11.3 Å². The summed E-state index contributed by atoms with van der Waals surface area (Å²) in [4.78, 5) is 4.22. The van der Waals surface area contributed by atoms with Gasteiger partial charge in [-0.25, -0.2) is 4.98 Å². The van der Waals surface area contributed by atoms with E-state index >= 15 is 0 Å². The molecular weight excluding hydrogens is 202 g/mol. The first kappa shape index (κ1) is 10.9. The number of rotatable bonds is 3. The van der Waals surface area contributed by atoms with Crippen molar-refractivity contribution in [1.82, 2.24) is 4.98 Å². The average Bonchev–Trinajstić information content (AvgIpc) is 2.77. The molecule has 0 aliphatic rings. The van der Waals surface area contributed by atoms with Crippen molar-refractivity contribution < 1.29 is 9.52 Å². The Morgan fingerprint density at radius 2 is 2.25 bits per heavy atom. The molecule has 0 bridgehead atoms. The van der Waals surface area contributed by atoms with Gasteiger partial charge in [-0.05, 0) is 19.1 Å². The van der Waals surface area contributed by atoms with Crippen molar-refractivity contribution in [3.05, 3.63) is 41.8 Å². The van der Waals surface area contributed by atoms with Crippen LogP contribution in [0.5, 0.6) is 0 Å². The molecule has 0 radical (unpaired) electrons. The quantitative estimate of drug-likeness (QED) is 0.859. The second kappa shape index (κ2) is 4.49. The van der Waals surface area contributed by atoms with Crippen LogP contribution in [0.15, 0.2) is 34.9 Å². The van der Waals surface area contributed by atoms with Crippen molar-refractivity contribution >= 4 is 0 Å². The minimum Gasteiger partial charge on any atom is -0.441 e.